The molecular formula is C22H22BrCl2F3N2O4. The predicted octanol–water partition coefficient (Wildman–Crippen LogP) is 6.59. The fourth-order valence-electron chi connectivity index (χ4n) is 2.80. The topological polar surface area (TPSA) is 87.7 Å². The molecule has 3 N–H and O–H groups in total. The highest BCUT2D eigenvalue weighted by Crippen LogP contribution is 2.43. The van der Waals surface area contributed by atoms with Crippen LogP contribution >= 0.6 is 39.1 Å². The fourth-order valence-corrected chi connectivity index (χ4v) is 3.63. The average molecular weight is 586 g/mol. The van der Waals surface area contributed by atoms with Gasteiger partial charge in [-0.15, -0.1) is 0 Å². The van der Waals surface area contributed by atoms with E-state index in [4.69, 9.17) is 27.9 Å². The van der Waals surface area contributed by atoms with Crippen LogP contribution in [0.2, 0.25) is 10.0 Å². The molecule has 2 aromatic carbocycles. The summed E-state index contributed by atoms with van der Waals surface area (Å²) in [5.41, 5.74) is -4.48. The van der Waals surface area contributed by atoms with Gasteiger partial charge in [-0.2, -0.15) is 13.2 Å². The van der Waals surface area contributed by atoms with Crippen molar-refractivity contribution in [2.45, 2.75) is 45.1 Å². The van der Waals surface area contributed by atoms with Crippen LogP contribution in [0, 0.1) is 6.92 Å². The first kappa shape index (κ1) is 28.2. The Morgan fingerprint density at radius 2 is 1.65 bits per heavy atom. The van der Waals surface area contributed by atoms with Crippen molar-refractivity contribution in [2.75, 3.05) is 11.9 Å². The van der Waals surface area contributed by atoms with Crippen LogP contribution in [0.15, 0.2) is 34.8 Å². The molecule has 0 aromatic heterocycles. The molecule has 0 saturated carbocycles. The molecule has 2 amide bonds. The van der Waals surface area contributed by atoms with Crippen molar-refractivity contribution in [1.29, 1.82) is 0 Å². The third-order valence-corrected chi connectivity index (χ3v) is 6.03. The summed E-state index contributed by atoms with van der Waals surface area (Å²) in [7, 11) is 0. The molecule has 0 heterocycles. The van der Waals surface area contributed by atoms with Gasteiger partial charge < -0.3 is 15.2 Å². The molecule has 34 heavy (non-hydrogen) atoms. The molecule has 2 rings (SSSR count). The highest BCUT2D eigenvalue weighted by Gasteiger charge is 2.55. The molecule has 2 aromatic rings. The smallest absolute Gasteiger partial charge is 0.423 e. The van der Waals surface area contributed by atoms with Crippen molar-refractivity contribution in [3.63, 3.8) is 0 Å². The Hall–Kier alpha value is -2.01. The van der Waals surface area contributed by atoms with E-state index in [2.05, 4.69) is 26.6 Å². The van der Waals surface area contributed by atoms with E-state index in [-0.39, 0.29) is 21.3 Å². The second kappa shape index (κ2) is 10.3. The Bertz CT molecular complexity index is 1080. The summed E-state index contributed by atoms with van der Waals surface area (Å²) in [5.74, 6) is -0.821. The quantitative estimate of drug-likeness (QED) is 0.369. The second-order valence-corrected chi connectivity index (χ2v) is 10.1. The monoisotopic (exact) mass is 584 g/mol. The Morgan fingerprint density at radius 1 is 1.09 bits per heavy atom. The van der Waals surface area contributed by atoms with Crippen molar-refractivity contribution in [1.82, 2.24) is 5.32 Å². The van der Waals surface area contributed by atoms with Crippen LogP contribution in [-0.4, -0.2) is 35.4 Å². The minimum atomic E-state index is -5.21. The van der Waals surface area contributed by atoms with E-state index in [1.54, 1.807) is 33.8 Å². The summed E-state index contributed by atoms with van der Waals surface area (Å²) in [6.45, 7) is 5.35. The van der Waals surface area contributed by atoms with Gasteiger partial charge in [-0.1, -0.05) is 39.1 Å². The standard InChI is InChI=1S/C22H22BrCl2F3N2O4/c1-11-7-12(5-6-14(11)23)18(31)29-10-21(33,22(26,27)28)13-8-15(24)17(16(25)9-13)30-19(32)34-20(2,3)4/h5-9,33H,10H2,1-4H3,(H,29,31)(H,30,32). The van der Waals surface area contributed by atoms with E-state index in [1.807, 2.05) is 0 Å². The number of aliphatic hydroxyl groups is 1. The van der Waals surface area contributed by atoms with Gasteiger partial charge >= 0.3 is 12.3 Å². The van der Waals surface area contributed by atoms with Gasteiger partial charge in [-0.05, 0) is 69.2 Å². The lowest BCUT2D eigenvalue weighted by atomic mass is 9.92. The number of hydrogen-bond acceptors (Lipinski definition) is 4. The van der Waals surface area contributed by atoms with Gasteiger partial charge in [0.05, 0.1) is 22.3 Å². The summed E-state index contributed by atoms with van der Waals surface area (Å²) in [4.78, 5) is 24.4. The van der Waals surface area contributed by atoms with E-state index < -0.39 is 41.5 Å². The van der Waals surface area contributed by atoms with Crippen LogP contribution in [0.5, 0.6) is 0 Å². The molecule has 0 saturated heterocycles. The molecule has 1 unspecified atom stereocenters. The van der Waals surface area contributed by atoms with Crippen LogP contribution in [0.3, 0.4) is 0 Å². The van der Waals surface area contributed by atoms with Crippen molar-refractivity contribution in [3.05, 3.63) is 61.5 Å². The SMILES string of the molecule is Cc1cc(C(=O)NCC(O)(c2cc(Cl)c(NC(=O)OC(C)(C)C)c(Cl)c2)C(F)(F)F)ccc1Br. The minimum Gasteiger partial charge on any atom is -0.444 e. The van der Waals surface area contributed by atoms with Crippen LogP contribution in [-0.2, 0) is 10.3 Å². The molecule has 0 aliphatic carbocycles. The number of nitrogens with one attached hydrogen (secondary N) is 2. The zero-order valence-electron chi connectivity index (χ0n) is 18.5. The van der Waals surface area contributed by atoms with Gasteiger partial charge in [-0.3, -0.25) is 10.1 Å². The Morgan fingerprint density at radius 3 is 2.12 bits per heavy atom. The van der Waals surface area contributed by atoms with Crippen LogP contribution in [0.25, 0.3) is 0 Å². The number of carbonyl (C=O) groups is 2. The zero-order chi connectivity index (χ0) is 26.1. The molecule has 1 atom stereocenters. The summed E-state index contributed by atoms with van der Waals surface area (Å²) in [5, 5.41) is 14.2. The van der Waals surface area contributed by atoms with Crippen molar-refractivity contribution in [2.24, 2.45) is 0 Å². The number of hydrogen-bond donors (Lipinski definition) is 3. The molecule has 6 nitrogen and oxygen atoms in total. The first-order chi connectivity index (χ1) is 15.4. The van der Waals surface area contributed by atoms with Crippen molar-refractivity contribution in [3.8, 4) is 0 Å². The Labute approximate surface area is 212 Å². The number of ether oxygens (including phenoxy) is 1. The molecule has 0 bridgehead atoms. The minimum absolute atomic E-state index is 0.109. The van der Waals surface area contributed by atoms with Crippen LogP contribution in [0.1, 0.15) is 42.3 Å². The third-order valence-electron chi connectivity index (χ3n) is 4.54. The highest BCUT2D eigenvalue weighted by atomic mass is 79.9. The van der Waals surface area contributed by atoms with Crippen LogP contribution < -0.4 is 10.6 Å². The first-order valence-corrected chi connectivity index (χ1v) is 11.3. The molecule has 186 valence electrons. The Balaban J connectivity index is 2.34. The molecule has 0 radical (unpaired) electrons. The summed E-state index contributed by atoms with van der Waals surface area (Å²) >= 11 is 15.4. The maximum atomic E-state index is 13.9. The van der Waals surface area contributed by atoms with Gasteiger partial charge in [0, 0.05) is 10.0 Å². The summed E-state index contributed by atoms with van der Waals surface area (Å²) in [6.07, 6.45) is -6.13. The van der Waals surface area contributed by atoms with E-state index in [0.29, 0.717) is 5.56 Å². The highest BCUT2D eigenvalue weighted by molar-refractivity contribution is 9.10. The maximum Gasteiger partial charge on any atom is 0.423 e. The zero-order valence-corrected chi connectivity index (χ0v) is 21.6. The summed E-state index contributed by atoms with van der Waals surface area (Å²) < 4.78 is 47.6. The number of alkyl halides is 3. The summed E-state index contributed by atoms with van der Waals surface area (Å²) in [6, 6.07) is 6.10. The Kier molecular flexibility index (Phi) is 8.56. The van der Waals surface area contributed by atoms with E-state index >= 15 is 0 Å². The maximum absolute atomic E-state index is 13.9. The fraction of sp³-hybridized carbons (Fsp3) is 0.364. The first-order valence-electron chi connectivity index (χ1n) is 9.77. The molecule has 12 heteroatoms. The van der Waals surface area contributed by atoms with Crippen molar-refractivity contribution >= 4 is 56.8 Å². The molecule has 0 aliphatic heterocycles. The lowest BCUT2D eigenvalue weighted by Crippen LogP contribution is -2.51. The van der Waals surface area contributed by atoms with Gasteiger partial charge in [0.2, 0.25) is 5.60 Å². The van der Waals surface area contributed by atoms with Crippen molar-refractivity contribution < 1.29 is 32.6 Å². The van der Waals surface area contributed by atoms with Gasteiger partial charge in [0.1, 0.15) is 5.60 Å². The average Bonchev–Trinajstić information content (AvgIpc) is 2.68. The van der Waals surface area contributed by atoms with E-state index in [9.17, 15) is 27.9 Å². The largest absolute Gasteiger partial charge is 0.444 e. The van der Waals surface area contributed by atoms with Gasteiger partial charge in [-0.25, -0.2) is 4.79 Å². The van der Waals surface area contributed by atoms with E-state index in [0.717, 1.165) is 16.6 Å². The molecule has 0 spiro atoms. The third kappa shape index (κ3) is 6.78. The molecule has 0 fully saturated rings. The molecule has 0 aliphatic rings. The van der Waals surface area contributed by atoms with E-state index in [1.165, 1.54) is 12.1 Å². The lowest BCUT2D eigenvalue weighted by molar-refractivity contribution is -0.263. The number of halogens is 6. The molecular weight excluding hydrogens is 564 g/mol. The van der Waals surface area contributed by atoms with Crippen LogP contribution in [0.4, 0.5) is 23.7 Å². The number of benzene rings is 2. The van der Waals surface area contributed by atoms with Gasteiger partial charge in [0.25, 0.3) is 5.91 Å². The second-order valence-electron chi connectivity index (χ2n) is 8.45. The number of rotatable bonds is 5. The predicted molar refractivity (Wildman–Crippen MR) is 127 cm³/mol. The number of carbonyl (C=O) groups excluding carboxylic acids is 2. The number of amides is 2. The lowest BCUT2D eigenvalue weighted by Gasteiger charge is -2.32. The number of anilines is 1. The van der Waals surface area contributed by atoms with Gasteiger partial charge in [0.15, 0.2) is 0 Å². The normalized spacial score (nSPS) is 13.7. The number of aryl methyl sites for hydroxylation is 1.